The maximum atomic E-state index is 4.25. The van der Waals surface area contributed by atoms with Gasteiger partial charge in [0.25, 0.3) is 0 Å². The average molecular weight is 223 g/mol. The van der Waals surface area contributed by atoms with Gasteiger partial charge in [-0.3, -0.25) is 9.58 Å². The van der Waals surface area contributed by atoms with E-state index in [-0.39, 0.29) is 0 Å². The zero-order chi connectivity index (χ0) is 11.4. The van der Waals surface area contributed by atoms with E-state index in [0.29, 0.717) is 0 Å². The van der Waals surface area contributed by atoms with Crippen molar-refractivity contribution >= 4 is 0 Å². The first kappa shape index (κ1) is 11.5. The van der Waals surface area contributed by atoms with Gasteiger partial charge < -0.3 is 5.32 Å². The van der Waals surface area contributed by atoms with Crippen LogP contribution in [0.1, 0.15) is 18.7 Å². The summed E-state index contributed by atoms with van der Waals surface area (Å²) in [6.45, 7) is 4.39. The minimum Gasteiger partial charge on any atom is -0.317 e. The molecule has 0 atom stereocenters. The van der Waals surface area contributed by atoms with Crippen LogP contribution < -0.4 is 5.32 Å². The molecule has 1 fully saturated rings. The highest BCUT2D eigenvalue weighted by Gasteiger charge is 2.15. The molecule has 1 aliphatic rings. The molecular weight excluding hydrogens is 202 g/mol. The molecule has 0 unspecified atom stereocenters. The third-order valence-corrected chi connectivity index (χ3v) is 3.25. The van der Waals surface area contributed by atoms with Crippen molar-refractivity contribution in [2.24, 2.45) is 13.0 Å². The lowest BCUT2D eigenvalue weighted by molar-refractivity contribution is 0.228. The van der Waals surface area contributed by atoms with Crippen molar-refractivity contribution in [1.82, 2.24) is 25.0 Å². The molecule has 90 valence electrons. The Morgan fingerprint density at radius 1 is 1.50 bits per heavy atom. The first-order valence-corrected chi connectivity index (χ1v) is 5.98. The van der Waals surface area contributed by atoms with Crippen LogP contribution >= 0.6 is 0 Å². The summed E-state index contributed by atoms with van der Waals surface area (Å²) in [6.07, 6.45) is 4.21. The molecule has 0 radical (unpaired) electrons. The lowest BCUT2D eigenvalue weighted by atomic mass is 9.98. The maximum Gasteiger partial charge on any atom is 0.140 e. The lowest BCUT2D eigenvalue weighted by Gasteiger charge is -2.27. The molecule has 16 heavy (non-hydrogen) atoms. The number of hydrogen-bond acceptors (Lipinski definition) is 4. The highest BCUT2D eigenvalue weighted by molar-refractivity contribution is 4.83. The van der Waals surface area contributed by atoms with E-state index in [1.807, 2.05) is 11.7 Å². The van der Waals surface area contributed by atoms with Crippen molar-refractivity contribution in [2.75, 3.05) is 26.7 Å². The van der Waals surface area contributed by atoms with E-state index in [2.05, 4.69) is 27.3 Å². The van der Waals surface area contributed by atoms with Crippen LogP contribution in [0.15, 0.2) is 6.33 Å². The Morgan fingerprint density at radius 3 is 2.88 bits per heavy atom. The van der Waals surface area contributed by atoms with E-state index in [4.69, 9.17) is 0 Å². The van der Waals surface area contributed by atoms with E-state index < -0.39 is 0 Å². The molecule has 0 aromatic carbocycles. The smallest absolute Gasteiger partial charge is 0.140 e. The number of rotatable bonds is 4. The van der Waals surface area contributed by atoms with Crippen molar-refractivity contribution in [3.8, 4) is 0 Å². The second kappa shape index (κ2) is 5.41. The Kier molecular flexibility index (Phi) is 3.90. The first-order chi connectivity index (χ1) is 7.75. The fourth-order valence-electron chi connectivity index (χ4n) is 2.27. The highest BCUT2D eigenvalue weighted by Crippen LogP contribution is 2.13. The van der Waals surface area contributed by atoms with Crippen LogP contribution in [0.3, 0.4) is 0 Å². The normalized spacial score (nSPS) is 18.2. The molecule has 1 aromatic heterocycles. The van der Waals surface area contributed by atoms with Crippen LogP contribution in [0, 0.1) is 5.92 Å². The largest absolute Gasteiger partial charge is 0.317 e. The number of hydrogen-bond donors (Lipinski definition) is 1. The second-order valence-electron chi connectivity index (χ2n) is 4.69. The van der Waals surface area contributed by atoms with Gasteiger partial charge in [0.1, 0.15) is 12.2 Å². The zero-order valence-electron chi connectivity index (χ0n) is 10.2. The van der Waals surface area contributed by atoms with Crippen molar-refractivity contribution in [2.45, 2.75) is 19.4 Å². The molecule has 1 aliphatic heterocycles. The minimum atomic E-state index is 0.833. The summed E-state index contributed by atoms with van der Waals surface area (Å²) >= 11 is 0. The summed E-state index contributed by atoms with van der Waals surface area (Å²) in [4.78, 5) is 6.59. The second-order valence-corrected chi connectivity index (χ2v) is 4.69. The first-order valence-electron chi connectivity index (χ1n) is 5.98. The van der Waals surface area contributed by atoms with Crippen LogP contribution in [-0.2, 0) is 13.6 Å². The summed E-state index contributed by atoms with van der Waals surface area (Å²) in [5.74, 6) is 1.87. The van der Waals surface area contributed by atoms with Crippen molar-refractivity contribution in [3.05, 3.63) is 12.2 Å². The van der Waals surface area contributed by atoms with Gasteiger partial charge in [0.05, 0.1) is 6.54 Å². The Morgan fingerprint density at radius 2 is 2.25 bits per heavy atom. The molecule has 1 aromatic rings. The van der Waals surface area contributed by atoms with E-state index in [1.54, 1.807) is 6.33 Å². The molecule has 0 saturated carbocycles. The van der Waals surface area contributed by atoms with E-state index in [1.165, 1.54) is 25.9 Å². The Hall–Kier alpha value is -0.940. The van der Waals surface area contributed by atoms with Gasteiger partial charge in [0.2, 0.25) is 0 Å². The Bertz CT molecular complexity index is 316. The summed E-state index contributed by atoms with van der Waals surface area (Å²) in [5, 5.41) is 7.48. The minimum absolute atomic E-state index is 0.833. The number of piperidine rings is 1. The van der Waals surface area contributed by atoms with Crippen molar-refractivity contribution in [1.29, 1.82) is 0 Å². The molecule has 0 spiro atoms. The van der Waals surface area contributed by atoms with E-state index >= 15 is 0 Å². The standard InChI is InChI=1S/C11H21N5/c1-15(7-10-3-5-12-6-4-10)8-11-13-9-14-16(11)2/h9-10,12H,3-8H2,1-2H3. The van der Waals surface area contributed by atoms with E-state index in [9.17, 15) is 0 Å². The molecule has 2 heterocycles. The number of aromatic nitrogens is 3. The number of aryl methyl sites for hydroxylation is 1. The molecular formula is C11H21N5. The molecule has 0 aliphatic carbocycles. The van der Waals surface area contributed by atoms with Crippen LogP contribution in [-0.4, -0.2) is 46.3 Å². The topological polar surface area (TPSA) is 46.0 Å². The van der Waals surface area contributed by atoms with Crippen molar-refractivity contribution in [3.63, 3.8) is 0 Å². The van der Waals surface area contributed by atoms with Gasteiger partial charge >= 0.3 is 0 Å². The van der Waals surface area contributed by atoms with Crippen molar-refractivity contribution < 1.29 is 0 Å². The summed E-state index contributed by atoms with van der Waals surface area (Å²) in [7, 11) is 4.11. The quantitative estimate of drug-likeness (QED) is 0.794. The molecule has 2 rings (SSSR count). The SMILES string of the molecule is CN(Cc1ncnn1C)CC1CCNCC1. The van der Waals surface area contributed by atoms with Gasteiger partial charge in [-0.1, -0.05) is 0 Å². The van der Waals surface area contributed by atoms with E-state index in [0.717, 1.165) is 24.8 Å². The van der Waals surface area contributed by atoms with Crippen LogP contribution in [0.2, 0.25) is 0 Å². The van der Waals surface area contributed by atoms with Gasteiger partial charge in [0.15, 0.2) is 0 Å². The fourth-order valence-corrected chi connectivity index (χ4v) is 2.27. The molecule has 5 heteroatoms. The third-order valence-electron chi connectivity index (χ3n) is 3.25. The van der Waals surface area contributed by atoms with Crippen LogP contribution in [0.4, 0.5) is 0 Å². The Balaban J connectivity index is 1.79. The van der Waals surface area contributed by atoms with Gasteiger partial charge in [0, 0.05) is 13.6 Å². The predicted octanol–water partition coefficient (Wildman–Crippen LogP) is 0.246. The summed E-state index contributed by atoms with van der Waals surface area (Å²) in [6, 6.07) is 0. The molecule has 0 amide bonds. The fraction of sp³-hybridized carbons (Fsp3) is 0.818. The monoisotopic (exact) mass is 223 g/mol. The van der Waals surface area contributed by atoms with Crippen LogP contribution in [0.25, 0.3) is 0 Å². The Labute approximate surface area is 96.8 Å². The molecule has 1 N–H and O–H groups in total. The van der Waals surface area contributed by atoms with Gasteiger partial charge in [-0.25, -0.2) is 4.98 Å². The lowest BCUT2D eigenvalue weighted by Crippen LogP contribution is -2.34. The predicted molar refractivity (Wildman–Crippen MR) is 62.9 cm³/mol. The highest BCUT2D eigenvalue weighted by atomic mass is 15.3. The zero-order valence-corrected chi connectivity index (χ0v) is 10.2. The van der Waals surface area contributed by atoms with Gasteiger partial charge in [-0.05, 0) is 38.9 Å². The van der Waals surface area contributed by atoms with Gasteiger partial charge in [-0.15, -0.1) is 0 Å². The number of nitrogens with zero attached hydrogens (tertiary/aromatic N) is 4. The molecule has 1 saturated heterocycles. The molecule has 5 nitrogen and oxygen atoms in total. The van der Waals surface area contributed by atoms with Gasteiger partial charge in [-0.2, -0.15) is 5.10 Å². The molecule has 0 bridgehead atoms. The van der Waals surface area contributed by atoms with Crippen LogP contribution in [0.5, 0.6) is 0 Å². The average Bonchev–Trinajstić information content (AvgIpc) is 2.66. The summed E-state index contributed by atoms with van der Waals surface area (Å²) in [5.41, 5.74) is 0. The summed E-state index contributed by atoms with van der Waals surface area (Å²) < 4.78 is 1.85. The maximum absolute atomic E-state index is 4.25. The number of nitrogens with one attached hydrogen (secondary N) is 1. The third kappa shape index (κ3) is 3.02.